The Morgan fingerprint density at radius 2 is 2.05 bits per heavy atom. The van der Waals surface area contributed by atoms with Crippen molar-refractivity contribution in [2.45, 2.75) is 32.9 Å². The Balaban J connectivity index is 2.78. The third-order valence-electron chi connectivity index (χ3n) is 2.57. The topological polar surface area (TPSA) is 47.6 Å². The van der Waals surface area contributed by atoms with Crippen LogP contribution in [0.1, 0.15) is 25.8 Å². The van der Waals surface area contributed by atoms with Crippen LogP contribution in [0.2, 0.25) is 10.0 Å². The summed E-state index contributed by atoms with van der Waals surface area (Å²) >= 11 is 12.1. The molecule has 1 aromatic rings. The molecule has 0 spiro atoms. The van der Waals surface area contributed by atoms with Crippen molar-refractivity contribution in [1.82, 2.24) is 5.32 Å². The zero-order valence-corrected chi connectivity index (χ0v) is 13.3. The SMILES string of the molecule is COC(=O)CCOc1c(Cl)cc(Cl)cc1CNC(C)C. The monoisotopic (exact) mass is 319 g/mol. The average molecular weight is 320 g/mol. The molecule has 0 radical (unpaired) electrons. The minimum absolute atomic E-state index is 0.173. The van der Waals surface area contributed by atoms with Gasteiger partial charge in [0.05, 0.1) is 25.2 Å². The number of benzene rings is 1. The van der Waals surface area contributed by atoms with Crippen LogP contribution in [0.15, 0.2) is 12.1 Å². The fraction of sp³-hybridized carbons (Fsp3) is 0.500. The molecule has 4 nitrogen and oxygen atoms in total. The lowest BCUT2D eigenvalue weighted by Gasteiger charge is -2.15. The molecule has 0 saturated heterocycles. The Bertz CT molecular complexity index is 464. The Kier molecular flexibility index (Phi) is 7.13. The molecule has 0 aliphatic carbocycles. The van der Waals surface area contributed by atoms with E-state index in [1.165, 1.54) is 7.11 Å². The zero-order chi connectivity index (χ0) is 15.1. The Morgan fingerprint density at radius 1 is 1.35 bits per heavy atom. The predicted molar refractivity (Wildman–Crippen MR) is 80.6 cm³/mol. The highest BCUT2D eigenvalue weighted by Gasteiger charge is 2.12. The van der Waals surface area contributed by atoms with Gasteiger partial charge in [-0.1, -0.05) is 37.0 Å². The first kappa shape index (κ1) is 17.1. The normalized spacial score (nSPS) is 10.7. The van der Waals surface area contributed by atoms with Crippen molar-refractivity contribution in [2.75, 3.05) is 13.7 Å². The first-order valence-electron chi connectivity index (χ1n) is 6.35. The van der Waals surface area contributed by atoms with Crippen LogP contribution in [0.25, 0.3) is 0 Å². The fourth-order valence-corrected chi connectivity index (χ4v) is 2.15. The van der Waals surface area contributed by atoms with Crippen LogP contribution in [-0.4, -0.2) is 25.7 Å². The predicted octanol–water partition coefficient (Wildman–Crippen LogP) is 3.43. The van der Waals surface area contributed by atoms with Gasteiger partial charge >= 0.3 is 5.97 Å². The van der Waals surface area contributed by atoms with E-state index < -0.39 is 0 Å². The molecule has 0 fully saturated rings. The van der Waals surface area contributed by atoms with Gasteiger partial charge in [-0.2, -0.15) is 0 Å². The van der Waals surface area contributed by atoms with Gasteiger partial charge in [-0.3, -0.25) is 4.79 Å². The van der Waals surface area contributed by atoms with E-state index in [1.54, 1.807) is 12.1 Å². The van der Waals surface area contributed by atoms with Crippen LogP contribution < -0.4 is 10.1 Å². The third kappa shape index (κ3) is 5.57. The van der Waals surface area contributed by atoms with Crippen LogP contribution >= 0.6 is 23.2 Å². The summed E-state index contributed by atoms with van der Waals surface area (Å²) < 4.78 is 10.2. The number of carbonyl (C=O) groups is 1. The minimum Gasteiger partial charge on any atom is -0.491 e. The van der Waals surface area contributed by atoms with Crippen LogP contribution in [-0.2, 0) is 16.1 Å². The van der Waals surface area contributed by atoms with Gasteiger partial charge in [0.15, 0.2) is 0 Å². The molecule has 6 heteroatoms. The van der Waals surface area contributed by atoms with Gasteiger partial charge in [0.25, 0.3) is 0 Å². The van der Waals surface area contributed by atoms with Gasteiger partial charge < -0.3 is 14.8 Å². The van der Waals surface area contributed by atoms with E-state index in [-0.39, 0.29) is 19.0 Å². The van der Waals surface area contributed by atoms with Crippen LogP contribution in [0, 0.1) is 0 Å². The second kappa shape index (κ2) is 8.35. The molecular formula is C14H19Cl2NO3. The lowest BCUT2D eigenvalue weighted by atomic mass is 10.2. The molecule has 20 heavy (non-hydrogen) atoms. The number of rotatable bonds is 7. The van der Waals surface area contributed by atoms with Gasteiger partial charge in [0.2, 0.25) is 0 Å². The van der Waals surface area contributed by atoms with Crippen molar-refractivity contribution in [3.8, 4) is 5.75 Å². The molecular weight excluding hydrogens is 301 g/mol. The number of carbonyl (C=O) groups excluding carboxylic acids is 1. The van der Waals surface area contributed by atoms with Crippen LogP contribution in [0.4, 0.5) is 0 Å². The van der Waals surface area contributed by atoms with E-state index in [2.05, 4.69) is 10.1 Å². The first-order chi connectivity index (χ1) is 9.43. The van der Waals surface area contributed by atoms with E-state index >= 15 is 0 Å². The van der Waals surface area contributed by atoms with E-state index in [0.29, 0.717) is 28.4 Å². The number of esters is 1. The maximum atomic E-state index is 11.1. The molecule has 0 aliphatic heterocycles. The summed E-state index contributed by atoms with van der Waals surface area (Å²) in [5.74, 6) is 0.227. The molecule has 0 amide bonds. The summed E-state index contributed by atoms with van der Waals surface area (Å²) in [6.07, 6.45) is 0.173. The third-order valence-corrected chi connectivity index (χ3v) is 3.07. The van der Waals surface area contributed by atoms with Gasteiger partial charge in [0, 0.05) is 23.2 Å². The summed E-state index contributed by atoms with van der Waals surface area (Å²) in [5.41, 5.74) is 0.862. The summed E-state index contributed by atoms with van der Waals surface area (Å²) in [5, 5.41) is 4.26. The first-order valence-corrected chi connectivity index (χ1v) is 7.10. The summed E-state index contributed by atoms with van der Waals surface area (Å²) in [4.78, 5) is 11.1. The maximum absolute atomic E-state index is 11.1. The summed E-state index contributed by atoms with van der Waals surface area (Å²) in [7, 11) is 1.34. The lowest BCUT2D eigenvalue weighted by molar-refractivity contribution is -0.141. The van der Waals surface area contributed by atoms with Crippen molar-refractivity contribution in [3.63, 3.8) is 0 Å². The number of hydrogen-bond acceptors (Lipinski definition) is 4. The molecule has 0 atom stereocenters. The van der Waals surface area contributed by atoms with E-state index in [9.17, 15) is 4.79 Å². The number of halogens is 2. The van der Waals surface area contributed by atoms with Crippen molar-refractivity contribution in [3.05, 3.63) is 27.7 Å². The zero-order valence-electron chi connectivity index (χ0n) is 11.8. The molecule has 0 saturated carbocycles. The highest BCUT2D eigenvalue weighted by Crippen LogP contribution is 2.32. The van der Waals surface area contributed by atoms with Crippen LogP contribution in [0.5, 0.6) is 5.75 Å². The van der Waals surface area contributed by atoms with Gasteiger partial charge in [0.1, 0.15) is 5.75 Å². The molecule has 0 unspecified atom stereocenters. The molecule has 0 aliphatic rings. The second-order valence-corrected chi connectivity index (χ2v) is 5.43. The Morgan fingerprint density at radius 3 is 2.65 bits per heavy atom. The average Bonchev–Trinajstić information content (AvgIpc) is 2.38. The highest BCUT2D eigenvalue weighted by molar-refractivity contribution is 6.35. The summed E-state index contributed by atoms with van der Waals surface area (Å²) in [6.45, 7) is 4.89. The van der Waals surface area contributed by atoms with Gasteiger partial charge in [-0.15, -0.1) is 0 Å². The maximum Gasteiger partial charge on any atom is 0.308 e. The Hall–Kier alpha value is -0.970. The molecule has 0 heterocycles. The van der Waals surface area contributed by atoms with Crippen LogP contribution in [0.3, 0.4) is 0 Å². The standard InChI is InChI=1S/C14H19Cl2NO3/c1-9(2)17-8-10-6-11(15)7-12(16)14(10)20-5-4-13(18)19-3/h6-7,9,17H,4-5,8H2,1-3H3. The summed E-state index contributed by atoms with van der Waals surface area (Å²) in [6, 6.07) is 3.75. The van der Waals surface area contributed by atoms with Gasteiger partial charge in [-0.05, 0) is 12.1 Å². The second-order valence-electron chi connectivity index (χ2n) is 4.59. The lowest BCUT2D eigenvalue weighted by Crippen LogP contribution is -2.22. The molecule has 112 valence electrons. The van der Waals surface area contributed by atoms with E-state index in [1.807, 2.05) is 13.8 Å². The van der Waals surface area contributed by atoms with Crippen molar-refractivity contribution >= 4 is 29.2 Å². The fourth-order valence-electron chi connectivity index (χ4n) is 1.56. The molecule has 1 rings (SSSR count). The van der Waals surface area contributed by atoms with E-state index in [4.69, 9.17) is 27.9 Å². The molecule has 1 aromatic carbocycles. The smallest absolute Gasteiger partial charge is 0.308 e. The number of ether oxygens (including phenoxy) is 2. The number of nitrogens with one attached hydrogen (secondary N) is 1. The quantitative estimate of drug-likeness (QED) is 0.782. The Labute approximate surface area is 129 Å². The molecule has 1 N–H and O–H groups in total. The van der Waals surface area contributed by atoms with E-state index in [0.717, 1.165) is 5.56 Å². The minimum atomic E-state index is -0.322. The van der Waals surface area contributed by atoms with Crippen molar-refractivity contribution in [2.24, 2.45) is 0 Å². The highest BCUT2D eigenvalue weighted by atomic mass is 35.5. The molecule has 0 aromatic heterocycles. The van der Waals surface area contributed by atoms with Crippen molar-refractivity contribution < 1.29 is 14.3 Å². The molecule has 0 bridgehead atoms. The number of hydrogen-bond donors (Lipinski definition) is 1. The van der Waals surface area contributed by atoms with Gasteiger partial charge in [-0.25, -0.2) is 0 Å². The largest absolute Gasteiger partial charge is 0.491 e. The van der Waals surface area contributed by atoms with Crippen molar-refractivity contribution in [1.29, 1.82) is 0 Å². The number of methoxy groups -OCH3 is 1.